The van der Waals surface area contributed by atoms with E-state index in [1.807, 2.05) is 0 Å². The summed E-state index contributed by atoms with van der Waals surface area (Å²) in [5, 5.41) is 0. The van der Waals surface area contributed by atoms with Gasteiger partial charge in [0.2, 0.25) is 0 Å². The molecule has 1 aromatic carbocycles. The van der Waals surface area contributed by atoms with Crippen molar-refractivity contribution in [1.29, 1.82) is 0 Å². The quantitative estimate of drug-likeness (QED) is 0.743. The van der Waals surface area contributed by atoms with Crippen molar-refractivity contribution < 1.29 is 0 Å². The summed E-state index contributed by atoms with van der Waals surface area (Å²) in [7, 11) is 0. The van der Waals surface area contributed by atoms with Crippen LogP contribution in [0.15, 0.2) is 30.3 Å². The van der Waals surface area contributed by atoms with Crippen LogP contribution >= 0.6 is 0 Å². The third-order valence-corrected chi connectivity index (χ3v) is 4.01. The molecule has 0 amide bonds. The van der Waals surface area contributed by atoms with E-state index in [-0.39, 0.29) is 0 Å². The summed E-state index contributed by atoms with van der Waals surface area (Å²) in [6, 6.07) is 12.5. The highest BCUT2D eigenvalue weighted by Gasteiger charge is 2.26. The first-order valence-corrected chi connectivity index (χ1v) is 7.11. The zero-order valence-corrected chi connectivity index (χ0v) is 11.2. The van der Waals surface area contributed by atoms with E-state index < -0.39 is 0 Å². The summed E-state index contributed by atoms with van der Waals surface area (Å²) < 4.78 is 0. The first-order valence-electron chi connectivity index (χ1n) is 7.11. The van der Waals surface area contributed by atoms with Crippen molar-refractivity contribution in [2.45, 2.75) is 58.0 Å². The molecular formula is C16H25N. The molecule has 17 heavy (non-hydrogen) atoms. The molecule has 1 fully saturated rings. The molecule has 94 valence electrons. The number of benzene rings is 1. The van der Waals surface area contributed by atoms with Crippen LogP contribution in [0.4, 0.5) is 0 Å². The maximum absolute atomic E-state index is 2.73. The van der Waals surface area contributed by atoms with Crippen LogP contribution in [0.5, 0.6) is 0 Å². The van der Waals surface area contributed by atoms with Crippen LogP contribution < -0.4 is 0 Å². The molecule has 0 bridgehead atoms. The summed E-state index contributed by atoms with van der Waals surface area (Å²) in [6.45, 7) is 6.00. The molecule has 2 rings (SSSR count). The Morgan fingerprint density at radius 1 is 1.29 bits per heavy atom. The van der Waals surface area contributed by atoms with E-state index in [0.717, 1.165) is 12.1 Å². The molecule has 0 spiro atoms. The van der Waals surface area contributed by atoms with Crippen LogP contribution in [-0.2, 0) is 6.42 Å². The van der Waals surface area contributed by atoms with E-state index in [2.05, 4.69) is 49.1 Å². The van der Waals surface area contributed by atoms with E-state index in [9.17, 15) is 0 Å². The molecule has 1 aliphatic rings. The van der Waals surface area contributed by atoms with Gasteiger partial charge in [-0.3, -0.25) is 4.90 Å². The third kappa shape index (κ3) is 3.32. The zero-order chi connectivity index (χ0) is 12.1. The maximum Gasteiger partial charge on any atom is 0.0138 e. The average Bonchev–Trinajstić information content (AvgIpc) is 2.76. The Hall–Kier alpha value is -0.820. The van der Waals surface area contributed by atoms with Crippen LogP contribution in [-0.4, -0.2) is 23.5 Å². The van der Waals surface area contributed by atoms with E-state index in [1.54, 1.807) is 0 Å². The van der Waals surface area contributed by atoms with Gasteiger partial charge in [0.25, 0.3) is 0 Å². The van der Waals surface area contributed by atoms with E-state index in [0.29, 0.717) is 0 Å². The van der Waals surface area contributed by atoms with Gasteiger partial charge < -0.3 is 0 Å². The fourth-order valence-corrected chi connectivity index (χ4v) is 3.10. The molecule has 0 aromatic heterocycles. The lowest BCUT2D eigenvalue weighted by molar-refractivity contribution is 0.178. The summed E-state index contributed by atoms with van der Waals surface area (Å²) in [5.74, 6) is 0. The smallest absolute Gasteiger partial charge is 0.0138 e. The molecular weight excluding hydrogens is 206 g/mol. The van der Waals surface area contributed by atoms with Crippen LogP contribution in [0.1, 0.15) is 45.1 Å². The van der Waals surface area contributed by atoms with Crippen LogP contribution in [0, 0.1) is 0 Å². The molecule has 1 heteroatoms. The van der Waals surface area contributed by atoms with Gasteiger partial charge in [0, 0.05) is 12.1 Å². The molecule has 2 atom stereocenters. The van der Waals surface area contributed by atoms with E-state index in [4.69, 9.17) is 0 Å². The lowest BCUT2D eigenvalue weighted by Gasteiger charge is -2.31. The van der Waals surface area contributed by atoms with Gasteiger partial charge in [-0.15, -0.1) is 0 Å². The molecule has 0 radical (unpaired) electrons. The molecule has 1 aromatic rings. The highest BCUT2D eigenvalue weighted by molar-refractivity contribution is 5.16. The van der Waals surface area contributed by atoms with Gasteiger partial charge in [0.15, 0.2) is 0 Å². The number of hydrogen-bond donors (Lipinski definition) is 0. The normalized spacial score (nSPS) is 22.8. The number of rotatable bonds is 5. The van der Waals surface area contributed by atoms with Crippen molar-refractivity contribution in [3.05, 3.63) is 35.9 Å². The van der Waals surface area contributed by atoms with Crippen LogP contribution in [0.2, 0.25) is 0 Å². The van der Waals surface area contributed by atoms with Gasteiger partial charge in [-0.1, -0.05) is 43.7 Å². The summed E-state index contributed by atoms with van der Waals surface area (Å²) in [6.07, 6.45) is 6.62. The SMILES string of the molecule is CCCC(Cc1ccccc1)N1CCC[C@H]1C. The third-order valence-electron chi connectivity index (χ3n) is 4.01. The summed E-state index contributed by atoms with van der Waals surface area (Å²) in [4.78, 5) is 2.73. The minimum Gasteiger partial charge on any atom is -0.297 e. The molecule has 1 nitrogen and oxygen atoms in total. The molecule has 0 N–H and O–H groups in total. The Bertz CT molecular complexity index is 320. The largest absolute Gasteiger partial charge is 0.297 e. The molecule has 1 aliphatic heterocycles. The number of nitrogens with zero attached hydrogens (tertiary/aromatic N) is 1. The van der Waals surface area contributed by atoms with Gasteiger partial charge in [0.05, 0.1) is 0 Å². The van der Waals surface area contributed by atoms with Crippen LogP contribution in [0.3, 0.4) is 0 Å². The highest BCUT2D eigenvalue weighted by atomic mass is 15.2. The Morgan fingerprint density at radius 2 is 2.06 bits per heavy atom. The zero-order valence-electron chi connectivity index (χ0n) is 11.2. The second kappa shape index (κ2) is 6.20. The molecule has 0 saturated carbocycles. The predicted octanol–water partition coefficient (Wildman–Crippen LogP) is 3.88. The first-order chi connectivity index (χ1) is 8.31. The average molecular weight is 231 g/mol. The fourth-order valence-electron chi connectivity index (χ4n) is 3.10. The van der Waals surface area contributed by atoms with Gasteiger partial charge >= 0.3 is 0 Å². The van der Waals surface area contributed by atoms with Gasteiger partial charge in [0.1, 0.15) is 0 Å². The summed E-state index contributed by atoms with van der Waals surface area (Å²) >= 11 is 0. The van der Waals surface area contributed by atoms with Crippen molar-refractivity contribution in [2.75, 3.05) is 6.54 Å². The fraction of sp³-hybridized carbons (Fsp3) is 0.625. The minimum absolute atomic E-state index is 0.750. The standard InChI is InChI=1S/C16H25N/c1-3-8-16(17-12-7-9-14(17)2)13-15-10-5-4-6-11-15/h4-6,10-11,14,16H,3,7-9,12-13H2,1-2H3/t14-,16?/m1/s1. The van der Waals surface area contributed by atoms with Gasteiger partial charge in [-0.25, -0.2) is 0 Å². The van der Waals surface area contributed by atoms with Crippen molar-refractivity contribution in [2.24, 2.45) is 0 Å². The van der Waals surface area contributed by atoms with Crippen molar-refractivity contribution in [3.63, 3.8) is 0 Å². The van der Waals surface area contributed by atoms with E-state index in [1.165, 1.54) is 44.2 Å². The Kier molecular flexibility index (Phi) is 4.61. The Labute approximate surface area is 106 Å². The van der Waals surface area contributed by atoms with Crippen molar-refractivity contribution in [3.8, 4) is 0 Å². The Morgan fingerprint density at radius 3 is 2.65 bits per heavy atom. The number of hydrogen-bond acceptors (Lipinski definition) is 1. The van der Waals surface area contributed by atoms with Crippen molar-refractivity contribution >= 4 is 0 Å². The van der Waals surface area contributed by atoms with Gasteiger partial charge in [-0.2, -0.15) is 0 Å². The van der Waals surface area contributed by atoms with Gasteiger partial charge in [-0.05, 0) is 44.7 Å². The Balaban J connectivity index is 2.02. The topological polar surface area (TPSA) is 3.24 Å². The molecule has 1 heterocycles. The second-order valence-corrected chi connectivity index (χ2v) is 5.36. The summed E-state index contributed by atoms with van der Waals surface area (Å²) in [5.41, 5.74) is 1.49. The molecule has 0 aliphatic carbocycles. The highest BCUT2D eigenvalue weighted by Crippen LogP contribution is 2.24. The first kappa shape index (κ1) is 12.6. The number of likely N-dealkylation sites (tertiary alicyclic amines) is 1. The lowest BCUT2D eigenvalue weighted by Crippen LogP contribution is -2.39. The second-order valence-electron chi connectivity index (χ2n) is 5.36. The van der Waals surface area contributed by atoms with E-state index >= 15 is 0 Å². The predicted molar refractivity (Wildman–Crippen MR) is 74.2 cm³/mol. The monoisotopic (exact) mass is 231 g/mol. The lowest BCUT2D eigenvalue weighted by atomic mass is 10.00. The maximum atomic E-state index is 2.73. The molecule has 1 saturated heterocycles. The molecule has 1 unspecified atom stereocenters. The van der Waals surface area contributed by atoms with Crippen LogP contribution in [0.25, 0.3) is 0 Å². The minimum atomic E-state index is 0.750. The van der Waals surface area contributed by atoms with Crippen molar-refractivity contribution in [1.82, 2.24) is 4.90 Å².